The Morgan fingerprint density at radius 2 is 2.19 bits per heavy atom. The largest absolute Gasteiger partial charge is 0.323 e. The zero-order valence-electron chi connectivity index (χ0n) is 9.29. The van der Waals surface area contributed by atoms with E-state index in [0.29, 0.717) is 0 Å². The fourth-order valence-electron chi connectivity index (χ4n) is 1.93. The monoisotopic (exact) mass is 303 g/mol. The molecule has 1 aliphatic rings. The highest BCUT2D eigenvalue weighted by Crippen LogP contribution is 2.27. The maximum absolute atomic E-state index is 6.17. The minimum atomic E-state index is 0.186. The molecule has 0 aromatic carbocycles. The van der Waals surface area contributed by atoms with Gasteiger partial charge < -0.3 is 16.0 Å². The van der Waals surface area contributed by atoms with Gasteiger partial charge in [0.1, 0.15) is 0 Å². The number of hydrogen-bond donors (Lipinski definition) is 2. The summed E-state index contributed by atoms with van der Waals surface area (Å²) in [6.45, 7) is 5.64. The molecule has 0 bridgehead atoms. The molecule has 1 fully saturated rings. The molecule has 3 N–H and O–H groups in total. The van der Waals surface area contributed by atoms with Crippen molar-refractivity contribution in [3.8, 4) is 0 Å². The van der Waals surface area contributed by atoms with Gasteiger partial charge in [0, 0.05) is 43.6 Å². The number of piperazine rings is 1. The van der Waals surface area contributed by atoms with Crippen molar-refractivity contribution in [2.24, 2.45) is 5.73 Å². The van der Waals surface area contributed by atoms with Crippen LogP contribution in [0.5, 0.6) is 0 Å². The molecule has 0 saturated carbocycles. The summed E-state index contributed by atoms with van der Waals surface area (Å²) >= 11 is 5.22. The van der Waals surface area contributed by atoms with Gasteiger partial charge in [0.2, 0.25) is 0 Å². The third kappa shape index (κ3) is 3.53. The summed E-state index contributed by atoms with van der Waals surface area (Å²) < 4.78 is 1.17. The summed E-state index contributed by atoms with van der Waals surface area (Å²) in [5, 5.41) is 3.36. The van der Waals surface area contributed by atoms with Gasteiger partial charge >= 0.3 is 0 Å². The van der Waals surface area contributed by atoms with Crippen molar-refractivity contribution in [1.82, 2.24) is 10.2 Å². The van der Waals surface area contributed by atoms with Crippen molar-refractivity contribution in [3.63, 3.8) is 0 Å². The molecule has 0 radical (unpaired) electrons. The van der Waals surface area contributed by atoms with E-state index in [9.17, 15) is 0 Å². The van der Waals surface area contributed by atoms with Gasteiger partial charge in [0.25, 0.3) is 0 Å². The first kappa shape index (κ1) is 12.5. The number of hydrogen-bond acceptors (Lipinski definition) is 4. The molecule has 1 aromatic rings. The molecule has 1 aromatic heterocycles. The Labute approximate surface area is 109 Å². The van der Waals surface area contributed by atoms with Crippen LogP contribution in [0.2, 0.25) is 0 Å². The van der Waals surface area contributed by atoms with E-state index >= 15 is 0 Å². The Bertz CT molecular complexity index is 323. The number of nitrogens with two attached hydrogens (primary N) is 1. The molecule has 2 heterocycles. The summed E-state index contributed by atoms with van der Waals surface area (Å²) in [5.41, 5.74) is 6.17. The molecule has 3 nitrogen and oxygen atoms in total. The van der Waals surface area contributed by atoms with Crippen LogP contribution in [0.1, 0.15) is 17.3 Å². The lowest BCUT2D eigenvalue weighted by atomic mass is 10.1. The van der Waals surface area contributed by atoms with E-state index in [1.165, 1.54) is 8.66 Å². The molecule has 1 aliphatic heterocycles. The fraction of sp³-hybridized carbons (Fsp3) is 0.636. The number of thiophene rings is 1. The average Bonchev–Trinajstić information content (AvgIpc) is 2.74. The minimum Gasteiger partial charge on any atom is -0.323 e. The van der Waals surface area contributed by atoms with Crippen LogP contribution in [0.25, 0.3) is 0 Å². The van der Waals surface area contributed by atoms with Crippen molar-refractivity contribution < 1.29 is 0 Å². The second-order valence-electron chi connectivity index (χ2n) is 4.13. The van der Waals surface area contributed by atoms with E-state index in [0.717, 1.165) is 39.1 Å². The van der Waals surface area contributed by atoms with Crippen molar-refractivity contribution in [1.29, 1.82) is 0 Å². The first-order valence-corrected chi connectivity index (χ1v) is 7.30. The standard InChI is InChI=1S/C11H18BrN3S/c12-11-2-1-10(16-11)9(13)3-6-15-7-4-14-5-8-15/h1-2,9,14H,3-8,13H2. The first-order chi connectivity index (χ1) is 7.75. The van der Waals surface area contributed by atoms with Crippen molar-refractivity contribution in [3.05, 3.63) is 20.8 Å². The summed E-state index contributed by atoms with van der Waals surface area (Å²) in [7, 11) is 0. The molecule has 16 heavy (non-hydrogen) atoms. The maximum atomic E-state index is 6.17. The van der Waals surface area contributed by atoms with E-state index < -0.39 is 0 Å². The van der Waals surface area contributed by atoms with E-state index in [1.807, 2.05) is 0 Å². The average molecular weight is 304 g/mol. The topological polar surface area (TPSA) is 41.3 Å². The second-order valence-corrected chi connectivity index (χ2v) is 6.62. The van der Waals surface area contributed by atoms with Crippen LogP contribution in [0.3, 0.4) is 0 Å². The molecule has 1 atom stereocenters. The zero-order chi connectivity index (χ0) is 11.4. The summed E-state index contributed by atoms with van der Waals surface area (Å²) in [4.78, 5) is 3.76. The molecular weight excluding hydrogens is 286 g/mol. The molecule has 0 amide bonds. The minimum absolute atomic E-state index is 0.186. The number of rotatable bonds is 4. The van der Waals surface area contributed by atoms with Gasteiger partial charge in [-0.05, 0) is 34.5 Å². The Morgan fingerprint density at radius 1 is 1.44 bits per heavy atom. The molecule has 0 spiro atoms. The Balaban J connectivity index is 1.76. The Hall–Kier alpha value is 0.0600. The molecule has 1 unspecified atom stereocenters. The van der Waals surface area contributed by atoms with Crippen LogP contribution >= 0.6 is 27.3 Å². The van der Waals surface area contributed by atoms with E-state index in [2.05, 4.69) is 38.3 Å². The maximum Gasteiger partial charge on any atom is 0.0701 e. The Morgan fingerprint density at radius 3 is 2.81 bits per heavy atom. The van der Waals surface area contributed by atoms with Crippen molar-refractivity contribution >= 4 is 27.3 Å². The molecule has 5 heteroatoms. The zero-order valence-corrected chi connectivity index (χ0v) is 11.7. The molecular formula is C11H18BrN3S. The van der Waals surface area contributed by atoms with Gasteiger partial charge in [-0.2, -0.15) is 0 Å². The van der Waals surface area contributed by atoms with Crippen molar-refractivity contribution in [2.45, 2.75) is 12.5 Å². The summed E-state index contributed by atoms with van der Waals surface area (Å²) in [5.74, 6) is 0. The van der Waals surface area contributed by atoms with Crippen LogP contribution in [0.4, 0.5) is 0 Å². The first-order valence-electron chi connectivity index (χ1n) is 5.69. The van der Waals surface area contributed by atoms with Crippen molar-refractivity contribution in [2.75, 3.05) is 32.7 Å². The van der Waals surface area contributed by atoms with Gasteiger partial charge in [0.15, 0.2) is 0 Å². The molecule has 90 valence electrons. The lowest BCUT2D eigenvalue weighted by Crippen LogP contribution is -2.44. The lowest BCUT2D eigenvalue weighted by molar-refractivity contribution is 0.233. The van der Waals surface area contributed by atoms with Crippen LogP contribution < -0.4 is 11.1 Å². The predicted molar refractivity (Wildman–Crippen MR) is 72.9 cm³/mol. The third-order valence-electron chi connectivity index (χ3n) is 2.93. The van der Waals surface area contributed by atoms with E-state index in [4.69, 9.17) is 5.73 Å². The molecule has 0 aliphatic carbocycles. The van der Waals surface area contributed by atoms with Gasteiger partial charge in [-0.25, -0.2) is 0 Å². The predicted octanol–water partition coefficient (Wildman–Crippen LogP) is 1.81. The van der Waals surface area contributed by atoms with Crippen LogP contribution in [0.15, 0.2) is 15.9 Å². The highest BCUT2D eigenvalue weighted by Gasteiger charge is 2.13. The van der Waals surface area contributed by atoms with Gasteiger partial charge in [-0.15, -0.1) is 11.3 Å². The smallest absolute Gasteiger partial charge is 0.0701 e. The SMILES string of the molecule is NC(CCN1CCNCC1)c1ccc(Br)s1. The van der Waals surface area contributed by atoms with Gasteiger partial charge in [-0.3, -0.25) is 0 Å². The normalized spacial score (nSPS) is 19.9. The molecule has 2 rings (SSSR count). The third-order valence-corrected chi connectivity index (χ3v) is 4.68. The summed E-state index contributed by atoms with van der Waals surface area (Å²) in [6.07, 6.45) is 1.05. The van der Waals surface area contributed by atoms with Gasteiger partial charge in [-0.1, -0.05) is 0 Å². The highest BCUT2D eigenvalue weighted by atomic mass is 79.9. The lowest BCUT2D eigenvalue weighted by Gasteiger charge is -2.27. The highest BCUT2D eigenvalue weighted by molar-refractivity contribution is 9.11. The Kier molecular flexibility index (Phi) is 4.79. The quantitative estimate of drug-likeness (QED) is 0.891. The number of nitrogens with one attached hydrogen (secondary N) is 1. The number of nitrogens with zero attached hydrogens (tertiary/aromatic N) is 1. The van der Waals surface area contributed by atoms with Crippen LogP contribution in [0, 0.1) is 0 Å². The van der Waals surface area contributed by atoms with E-state index in [1.54, 1.807) is 11.3 Å². The fourth-order valence-corrected chi connectivity index (χ4v) is 3.39. The molecule has 1 saturated heterocycles. The van der Waals surface area contributed by atoms with E-state index in [-0.39, 0.29) is 6.04 Å². The van der Waals surface area contributed by atoms with Crippen LogP contribution in [-0.2, 0) is 0 Å². The van der Waals surface area contributed by atoms with Gasteiger partial charge in [0.05, 0.1) is 3.79 Å². The number of halogens is 1. The van der Waals surface area contributed by atoms with Crippen LogP contribution in [-0.4, -0.2) is 37.6 Å². The second kappa shape index (κ2) is 6.12. The summed E-state index contributed by atoms with van der Waals surface area (Å²) in [6, 6.07) is 4.38.